The lowest BCUT2D eigenvalue weighted by atomic mass is 10.1. The van der Waals surface area contributed by atoms with Crippen LogP contribution < -0.4 is 5.73 Å². The molecule has 104 valence electrons. The molecule has 1 heterocycles. The molecule has 3 heteroatoms. The van der Waals surface area contributed by atoms with Gasteiger partial charge in [-0.25, -0.2) is 0 Å². The fourth-order valence-electron chi connectivity index (χ4n) is 2.43. The second-order valence-electron chi connectivity index (χ2n) is 5.42. The molecule has 0 aliphatic rings. The molecule has 0 aliphatic carbocycles. The second-order valence-corrected chi connectivity index (χ2v) is 5.42. The van der Waals surface area contributed by atoms with Crippen LogP contribution in [0.2, 0.25) is 0 Å². The predicted molar refractivity (Wildman–Crippen MR) is 76.2 cm³/mol. The van der Waals surface area contributed by atoms with Crippen LogP contribution in [-0.2, 0) is 13.1 Å². The molecule has 0 amide bonds. The Bertz CT molecular complexity index is 329. The Morgan fingerprint density at radius 3 is 2.39 bits per heavy atom. The summed E-state index contributed by atoms with van der Waals surface area (Å²) in [6, 6.07) is 2.72. The van der Waals surface area contributed by atoms with Crippen molar-refractivity contribution < 1.29 is 4.42 Å². The smallest absolute Gasteiger partial charge is 0.118 e. The molecular formula is C15H28N2O. The molecule has 0 unspecified atom stereocenters. The normalized spacial score (nSPS) is 12.0. The molecule has 3 nitrogen and oxygen atoms in total. The molecule has 1 rings (SSSR count). The van der Waals surface area contributed by atoms with E-state index in [9.17, 15) is 0 Å². The maximum Gasteiger partial charge on any atom is 0.118 e. The predicted octanol–water partition coefficient (Wildman–Crippen LogP) is 3.38. The summed E-state index contributed by atoms with van der Waals surface area (Å²) in [6.45, 7) is 11.6. The number of hydrogen-bond donors (Lipinski definition) is 1. The summed E-state index contributed by atoms with van der Waals surface area (Å²) in [6.07, 6.45) is 4.15. The van der Waals surface area contributed by atoms with Gasteiger partial charge in [0.1, 0.15) is 5.76 Å². The van der Waals surface area contributed by atoms with E-state index in [1.807, 2.05) is 0 Å². The molecule has 0 saturated heterocycles. The molecule has 0 bridgehead atoms. The van der Waals surface area contributed by atoms with Crippen molar-refractivity contribution in [2.75, 3.05) is 6.54 Å². The first kappa shape index (κ1) is 15.3. The van der Waals surface area contributed by atoms with Crippen molar-refractivity contribution in [2.24, 2.45) is 11.7 Å². The van der Waals surface area contributed by atoms with Crippen LogP contribution in [0.1, 0.15) is 51.9 Å². The largest absolute Gasteiger partial charge is 0.468 e. The third kappa shape index (κ3) is 4.46. The van der Waals surface area contributed by atoms with Gasteiger partial charge in [0.05, 0.1) is 12.8 Å². The Hall–Kier alpha value is -0.800. The van der Waals surface area contributed by atoms with Crippen LogP contribution in [-0.4, -0.2) is 17.5 Å². The summed E-state index contributed by atoms with van der Waals surface area (Å²) in [5, 5.41) is 0. The highest BCUT2D eigenvalue weighted by Crippen LogP contribution is 2.17. The Kier molecular flexibility index (Phi) is 6.44. The van der Waals surface area contributed by atoms with E-state index in [1.165, 1.54) is 12.8 Å². The minimum absolute atomic E-state index is 0.554. The number of nitrogens with zero attached hydrogens (tertiary/aromatic N) is 1. The van der Waals surface area contributed by atoms with Crippen LogP contribution in [0.4, 0.5) is 0 Å². The van der Waals surface area contributed by atoms with Crippen molar-refractivity contribution in [2.45, 2.75) is 59.7 Å². The number of rotatable bonds is 8. The molecule has 2 N–H and O–H groups in total. The summed E-state index contributed by atoms with van der Waals surface area (Å²) < 4.78 is 5.59. The summed E-state index contributed by atoms with van der Waals surface area (Å²) in [4.78, 5) is 2.53. The molecule has 0 spiro atoms. The topological polar surface area (TPSA) is 42.4 Å². The average Bonchev–Trinajstić information content (AvgIpc) is 2.77. The Morgan fingerprint density at radius 2 is 1.94 bits per heavy atom. The van der Waals surface area contributed by atoms with E-state index in [4.69, 9.17) is 10.2 Å². The van der Waals surface area contributed by atoms with Crippen LogP contribution in [0, 0.1) is 5.92 Å². The van der Waals surface area contributed by atoms with Crippen molar-refractivity contribution in [3.8, 4) is 0 Å². The molecule has 1 aromatic heterocycles. The zero-order valence-electron chi connectivity index (χ0n) is 12.3. The van der Waals surface area contributed by atoms with Gasteiger partial charge in [-0.3, -0.25) is 4.90 Å². The third-order valence-corrected chi connectivity index (χ3v) is 3.36. The fourth-order valence-corrected chi connectivity index (χ4v) is 2.43. The van der Waals surface area contributed by atoms with E-state index in [0.29, 0.717) is 18.5 Å². The minimum atomic E-state index is 0.554. The second kappa shape index (κ2) is 7.59. The Morgan fingerprint density at radius 1 is 1.28 bits per heavy atom. The SMILES string of the molecule is CCC(CC)N(Cc1cc(CN)co1)CC(C)C. The van der Waals surface area contributed by atoms with Crippen molar-refractivity contribution in [3.05, 3.63) is 23.7 Å². The first-order valence-corrected chi connectivity index (χ1v) is 7.11. The average molecular weight is 252 g/mol. The summed E-state index contributed by atoms with van der Waals surface area (Å²) in [7, 11) is 0. The summed E-state index contributed by atoms with van der Waals surface area (Å²) in [5.41, 5.74) is 6.70. The first-order valence-electron chi connectivity index (χ1n) is 7.11. The molecule has 0 aromatic carbocycles. The zero-order valence-corrected chi connectivity index (χ0v) is 12.3. The molecule has 18 heavy (non-hydrogen) atoms. The van der Waals surface area contributed by atoms with Crippen LogP contribution in [0.3, 0.4) is 0 Å². The lowest BCUT2D eigenvalue weighted by Crippen LogP contribution is -2.36. The van der Waals surface area contributed by atoms with E-state index in [0.717, 1.165) is 24.4 Å². The first-order chi connectivity index (χ1) is 8.60. The number of furan rings is 1. The molecule has 0 radical (unpaired) electrons. The van der Waals surface area contributed by atoms with Gasteiger partial charge in [-0.2, -0.15) is 0 Å². The maximum absolute atomic E-state index is 5.61. The van der Waals surface area contributed by atoms with Gasteiger partial charge in [0.2, 0.25) is 0 Å². The molecule has 0 aliphatic heterocycles. The van der Waals surface area contributed by atoms with Gasteiger partial charge >= 0.3 is 0 Å². The van der Waals surface area contributed by atoms with Crippen molar-refractivity contribution in [3.63, 3.8) is 0 Å². The van der Waals surface area contributed by atoms with Crippen LogP contribution in [0.15, 0.2) is 16.7 Å². The Balaban J connectivity index is 2.70. The summed E-state index contributed by atoms with van der Waals surface area (Å²) in [5.74, 6) is 1.71. The van der Waals surface area contributed by atoms with Crippen molar-refractivity contribution in [1.29, 1.82) is 0 Å². The van der Waals surface area contributed by atoms with Gasteiger partial charge in [0.15, 0.2) is 0 Å². The van der Waals surface area contributed by atoms with Crippen molar-refractivity contribution in [1.82, 2.24) is 4.90 Å². The van der Waals surface area contributed by atoms with Gasteiger partial charge in [0.25, 0.3) is 0 Å². The van der Waals surface area contributed by atoms with E-state index in [1.54, 1.807) is 6.26 Å². The van der Waals surface area contributed by atoms with Crippen molar-refractivity contribution >= 4 is 0 Å². The maximum atomic E-state index is 5.61. The highest BCUT2D eigenvalue weighted by molar-refractivity contribution is 5.12. The molecule has 1 aromatic rings. The molecule has 0 saturated carbocycles. The van der Waals surface area contributed by atoms with E-state index < -0.39 is 0 Å². The fraction of sp³-hybridized carbons (Fsp3) is 0.733. The lowest BCUT2D eigenvalue weighted by Gasteiger charge is -2.31. The monoisotopic (exact) mass is 252 g/mol. The zero-order chi connectivity index (χ0) is 13.5. The van der Waals surface area contributed by atoms with Crippen LogP contribution in [0.5, 0.6) is 0 Å². The van der Waals surface area contributed by atoms with E-state index in [2.05, 4.69) is 38.7 Å². The van der Waals surface area contributed by atoms with E-state index >= 15 is 0 Å². The van der Waals surface area contributed by atoms with E-state index in [-0.39, 0.29) is 0 Å². The van der Waals surface area contributed by atoms with Crippen LogP contribution in [0.25, 0.3) is 0 Å². The van der Waals surface area contributed by atoms with Gasteiger partial charge in [-0.1, -0.05) is 27.7 Å². The van der Waals surface area contributed by atoms with Gasteiger partial charge in [-0.05, 0) is 24.8 Å². The number of hydrogen-bond acceptors (Lipinski definition) is 3. The molecule has 0 atom stereocenters. The third-order valence-electron chi connectivity index (χ3n) is 3.36. The highest BCUT2D eigenvalue weighted by Gasteiger charge is 2.18. The lowest BCUT2D eigenvalue weighted by molar-refractivity contribution is 0.146. The standard InChI is InChI=1S/C15H28N2O/c1-5-14(6-2)17(9-12(3)4)10-15-7-13(8-16)11-18-15/h7,11-12,14H,5-6,8-10,16H2,1-4H3. The quantitative estimate of drug-likeness (QED) is 0.771. The Labute approximate surface area is 111 Å². The van der Waals surface area contributed by atoms with Gasteiger partial charge < -0.3 is 10.2 Å². The minimum Gasteiger partial charge on any atom is -0.468 e. The summed E-state index contributed by atoms with van der Waals surface area (Å²) >= 11 is 0. The van der Waals surface area contributed by atoms with Gasteiger partial charge in [-0.15, -0.1) is 0 Å². The molecular weight excluding hydrogens is 224 g/mol. The molecule has 0 fully saturated rings. The highest BCUT2D eigenvalue weighted by atomic mass is 16.3. The number of nitrogens with two attached hydrogens (primary N) is 1. The van der Waals surface area contributed by atoms with Crippen LogP contribution >= 0.6 is 0 Å². The van der Waals surface area contributed by atoms with Gasteiger partial charge in [0, 0.05) is 24.7 Å².